The summed E-state index contributed by atoms with van der Waals surface area (Å²) in [4.78, 5) is 24.5. The summed E-state index contributed by atoms with van der Waals surface area (Å²) in [6, 6.07) is 0. The van der Waals surface area contributed by atoms with Gasteiger partial charge in [-0.15, -0.1) is 0 Å². The molecule has 0 aromatic carbocycles. The Bertz CT molecular complexity index is 388. The monoisotopic (exact) mass is 262 g/mol. The lowest BCUT2D eigenvalue weighted by molar-refractivity contribution is -0.131. The van der Waals surface area contributed by atoms with Crippen molar-refractivity contribution in [3.8, 4) is 0 Å². The van der Waals surface area contributed by atoms with E-state index in [0.29, 0.717) is 12.3 Å². The summed E-state index contributed by atoms with van der Waals surface area (Å²) >= 11 is 0. The molecule has 1 fully saturated rings. The van der Waals surface area contributed by atoms with Gasteiger partial charge in [-0.25, -0.2) is 4.98 Å². The lowest BCUT2D eigenvalue weighted by atomic mass is 10.2. The minimum Gasteiger partial charge on any atom is -0.352 e. The molecule has 5 heteroatoms. The van der Waals surface area contributed by atoms with Crippen LogP contribution in [0.2, 0.25) is 0 Å². The molecule has 0 unspecified atom stereocenters. The molecular formula is C14H22N4O. The van der Waals surface area contributed by atoms with E-state index in [1.807, 2.05) is 4.90 Å². The highest BCUT2D eigenvalue weighted by atomic mass is 16.2. The van der Waals surface area contributed by atoms with E-state index in [9.17, 15) is 4.79 Å². The van der Waals surface area contributed by atoms with Gasteiger partial charge < -0.3 is 9.80 Å². The van der Waals surface area contributed by atoms with Gasteiger partial charge in [-0.2, -0.15) is 0 Å². The highest BCUT2D eigenvalue weighted by molar-refractivity contribution is 5.76. The van der Waals surface area contributed by atoms with Crippen LogP contribution in [-0.4, -0.2) is 47.0 Å². The first-order valence-corrected chi connectivity index (χ1v) is 7.10. The number of carbonyl (C=O) groups excluding carboxylic acids is 1. The maximum Gasteiger partial charge on any atom is 0.222 e. The zero-order chi connectivity index (χ0) is 13.5. The predicted molar refractivity (Wildman–Crippen MR) is 75.0 cm³/mol. The van der Waals surface area contributed by atoms with Gasteiger partial charge in [0.05, 0.1) is 6.20 Å². The van der Waals surface area contributed by atoms with Gasteiger partial charge in [0.1, 0.15) is 5.82 Å². The van der Waals surface area contributed by atoms with Crippen LogP contribution in [0.5, 0.6) is 0 Å². The molecule has 1 saturated heterocycles. The molecule has 0 saturated carbocycles. The molecule has 1 aliphatic heterocycles. The van der Waals surface area contributed by atoms with Crippen molar-refractivity contribution in [3.05, 3.63) is 18.6 Å². The quantitative estimate of drug-likeness (QED) is 0.758. The molecule has 1 aromatic rings. The minimum atomic E-state index is 0.298. The zero-order valence-electron chi connectivity index (χ0n) is 11.6. The maximum absolute atomic E-state index is 12.0. The van der Waals surface area contributed by atoms with Crippen molar-refractivity contribution in [2.45, 2.75) is 32.6 Å². The molecule has 0 spiro atoms. The number of carbonyl (C=O) groups is 1. The molecule has 5 nitrogen and oxygen atoms in total. The van der Waals surface area contributed by atoms with E-state index in [-0.39, 0.29) is 0 Å². The van der Waals surface area contributed by atoms with Crippen molar-refractivity contribution < 1.29 is 4.79 Å². The van der Waals surface area contributed by atoms with Crippen LogP contribution in [0.15, 0.2) is 18.6 Å². The molecule has 1 aromatic heterocycles. The molecule has 2 heterocycles. The van der Waals surface area contributed by atoms with Crippen molar-refractivity contribution in [2.75, 3.05) is 31.1 Å². The average molecular weight is 262 g/mol. The van der Waals surface area contributed by atoms with Gasteiger partial charge in [0, 0.05) is 45.0 Å². The molecule has 0 aliphatic carbocycles. The highest BCUT2D eigenvalue weighted by Crippen LogP contribution is 2.12. The van der Waals surface area contributed by atoms with E-state index >= 15 is 0 Å². The van der Waals surface area contributed by atoms with Gasteiger partial charge in [-0.3, -0.25) is 9.78 Å². The summed E-state index contributed by atoms with van der Waals surface area (Å²) in [5.41, 5.74) is 0. The van der Waals surface area contributed by atoms with Gasteiger partial charge in [0.15, 0.2) is 0 Å². The third kappa shape index (κ3) is 3.91. The summed E-state index contributed by atoms with van der Waals surface area (Å²) in [6.07, 6.45) is 9.17. The van der Waals surface area contributed by atoms with E-state index in [0.717, 1.165) is 51.3 Å². The largest absolute Gasteiger partial charge is 0.352 e. The first kappa shape index (κ1) is 13.8. The van der Waals surface area contributed by atoms with E-state index in [1.165, 1.54) is 0 Å². The van der Waals surface area contributed by atoms with Crippen LogP contribution in [0.4, 0.5) is 5.82 Å². The topological polar surface area (TPSA) is 49.3 Å². The second-order valence-electron chi connectivity index (χ2n) is 4.89. The van der Waals surface area contributed by atoms with E-state index in [4.69, 9.17) is 0 Å². The number of piperazine rings is 1. The van der Waals surface area contributed by atoms with Crippen molar-refractivity contribution in [1.29, 1.82) is 0 Å². The molecule has 19 heavy (non-hydrogen) atoms. The second kappa shape index (κ2) is 7.07. The number of hydrogen-bond acceptors (Lipinski definition) is 4. The predicted octanol–water partition coefficient (Wildman–Crippen LogP) is 1.71. The summed E-state index contributed by atoms with van der Waals surface area (Å²) < 4.78 is 0. The van der Waals surface area contributed by atoms with Gasteiger partial charge in [0.25, 0.3) is 0 Å². The van der Waals surface area contributed by atoms with Crippen LogP contribution in [-0.2, 0) is 4.79 Å². The van der Waals surface area contributed by atoms with Crippen molar-refractivity contribution in [2.24, 2.45) is 0 Å². The number of anilines is 1. The Kier molecular flexibility index (Phi) is 5.12. The van der Waals surface area contributed by atoms with E-state index < -0.39 is 0 Å². The van der Waals surface area contributed by atoms with Crippen LogP contribution < -0.4 is 4.90 Å². The lowest BCUT2D eigenvalue weighted by Gasteiger charge is -2.35. The summed E-state index contributed by atoms with van der Waals surface area (Å²) in [6.45, 7) is 5.43. The van der Waals surface area contributed by atoms with E-state index in [2.05, 4.69) is 21.8 Å². The zero-order valence-corrected chi connectivity index (χ0v) is 11.6. The Hall–Kier alpha value is -1.65. The molecule has 0 radical (unpaired) electrons. The Morgan fingerprint density at radius 1 is 1.21 bits per heavy atom. The smallest absolute Gasteiger partial charge is 0.222 e. The van der Waals surface area contributed by atoms with Crippen molar-refractivity contribution >= 4 is 11.7 Å². The minimum absolute atomic E-state index is 0.298. The van der Waals surface area contributed by atoms with Crippen LogP contribution in [0, 0.1) is 0 Å². The maximum atomic E-state index is 12.0. The first-order valence-electron chi connectivity index (χ1n) is 7.10. The Morgan fingerprint density at radius 3 is 2.63 bits per heavy atom. The molecule has 1 amide bonds. The van der Waals surface area contributed by atoms with Crippen molar-refractivity contribution in [3.63, 3.8) is 0 Å². The molecule has 0 bridgehead atoms. The standard InChI is InChI=1S/C14H22N4O/c1-2-3-4-5-14(19)18-10-8-17(9-11-18)13-12-15-6-7-16-13/h6-7,12H,2-5,8-11H2,1H3. The third-order valence-electron chi connectivity index (χ3n) is 3.50. The summed E-state index contributed by atoms with van der Waals surface area (Å²) in [5.74, 6) is 1.20. The highest BCUT2D eigenvalue weighted by Gasteiger charge is 2.21. The fourth-order valence-corrected chi connectivity index (χ4v) is 2.32. The molecule has 2 rings (SSSR count). The number of rotatable bonds is 5. The Labute approximate surface area is 114 Å². The molecular weight excluding hydrogens is 240 g/mol. The lowest BCUT2D eigenvalue weighted by Crippen LogP contribution is -2.49. The number of hydrogen-bond donors (Lipinski definition) is 0. The van der Waals surface area contributed by atoms with E-state index in [1.54, 1.807) is 18.6 Å². The number of unbranched alkanes of at least 4 members (excludes halogenated alkanes) is 2. The fraction of sp³-hybridized carbons (Fsp3) is 0.643. The van der Waals surface area contributed by atoms with Crippen LogP contribution in [0.1, 0.15) is 32.6 Å². The molecule has 0 N–H and O–H groups in total. The number of aromatic nitrogens is 2. The normalized spacial score (nSPS) is 15.6. The number of nitrogens with zero attached hydrogens (tertiary/aromatic N) is 4. The van der Waals surface area contributed by atoms with Crippen molar-refractivity contribution in [1.82, 2.24) is 14.9 Å². The Balaban J connectivity index is 1.77. The van der Waals surface area contributed by atoms with Crippen LogP contribution in [0.25, 0.3) is 0 Å². The number of amides is 1. The second-order valence-corrected chi connectivity index (χ2v) is 4.89. The first-order chi connectivity index (χ1) is 9.31. The average Bonchev–Trinajstić information content (AvgIpc) is 2.48. The summed E-state index contributed by atoms with van der Waals surface area (Å²) in [7, 11) is 0. The van der Waals surface area contributed by atoms with Gasteiger partial charge >= 0.3 is 0 Å². The molecule has 0 atom stereocenters. The van der Waals surface area contributed by atoms with Crippen LogP contribution in [0.3, 0.4) is 0 Å². The molecule has 104 valence electrons. The van der Waals surface area contributed by atoms with Gasteiger partial charge in [0.2, 0.25) is 5.91 Å². The van der Waals surface area contributed by atoms with Gasteiger partial charge in [-0.05, 0) is 6.42 Å². The summed E-state index contributed by atoms with van der Waals surface area (Å²) in [5, 5.41) is 0. The van der Waals surface area contributed by atoms with Gasteiger partial charge in [-0.1, -0.05) is 19.8 Å². The molecule has 1 aliphatic rings. The third-order valence-corrected chi connectivity index (χ3v) is 3.50. The Morgan fingerprint density at radius 2 is 2.00 bits per heavy atom. The fourth-order valence-electron chi connectivity index (χ4n) is 2.32. The van der Waals surface area contributed by atoms with Crippen LogP contribution >= 0.6 is 0 Å². The SMILES string of the molecule is CCCCCC(=O)N1CCN(c2cnccn2)CC1.